The number of allylic oxidation sites excluding steroid dienone is 6. The summed E-state index contributed by atoms with van der Waals surface area (Å²) in [6.07, 6.45) is 5.64. The van der Waals surface area contributed by atoms with Crippen molar-refractivity contribution in [3.63, 3.8) is 0 Å². The van der Waals surface area contributed by atoms with Crippen LogP contribution in [0.1, 0.15) is 41.5 Å². The van der Waals surface area contributed by atoms with Crippen LogP contribution in [0.2, 0.25) is 0 Å². The predicted octanol–water partition coefficient (Wildman–Crippen LogP) is 4.60. The molecule has 0 aliphatic carbocycles. The second-order valence-electron chi connectivity index (χ2n) is 6.87. The van der Waals surface area contributed by atoms with Crippen LogP contribution in [0.25, 0.3) is 0 Å². The second-order valence-corrected chi connectivity index (χ2v) is 6.87. The Balaban J connectivity index is 5.79. The largest absolute Gasteiger partial charge is 0.399 e. The van der Waals surface area contributed by atoms with Crippen molar-refractivity contribution >= 4 is 0 Å². The molecule has 3 nitrogen and oxygen atoms in total. The third-order valence-electron chi connectivity index (χ3n) is 3.45. The molecule has 0 saturated carbocycles. The molecule has 0 saturated heterocycles. The Bertz CT molecular complexity index is 566. The Labute approximate surface area is 142 Å². The fourth-order valence-electron chi connectivity index (χ4n) is 2.21. The van der Waals surface area contributed by atoms with Crippen molar-refractivity contribution in [2.24, 2.45) is 5.73 Å². The quantitative estimate of drug-likeness (QED) is 0.674. The fourth-order valence-corrected chi connectivity index (χ4v) is 2.21. The molecule has 0 amide bonds. The summed E-state index contributed by atoms with van der Waals surface area (Å²) in [5.74, 6) is 0. The molecule has 0 bridgehead atoms. The maximum Gasteiger partial charge on any atom is 0.0422 e. The minimum atomic E-state index is 0.0122. The molecule has 23 heavy (non-hydrogen) atoms. The topological polar surface area (TPSA) is 41.3 Å². The maximum atomic E-state index is 5.60. The van der Waals surface area contributed by atoms with Gasteiger partial charge in [0.25, 0.3) is 0 Å². The minimum Gasteiger partial charge on any atom is -0.399 e. The van der Waals surface area contributed by atoms with Crippen LogP contribution in [0, 0.1) is 0 Å². The number of hydrogen-bond donors (Lipinski definition) is 2. The van der Waals surface area contributed by atoms with Gasteiger partial charge < -0.3 is 16.0 Å². The molecule has 0 radical (unpaired) electrons. The van der Waals surface area contributed by atoms with Crippen LogP contribution in [-0.4, -0.2) is 17.5 Å². The lowest BCUT2D eigenvalue weighted by molar-refractivity contribution is 0.230. The van der Waals surface area contributed by atoms with E-state index in [2.05, 4.69) is 70.8 Å². The van der Waals surface area contributed by atoms with Crippen LogP contribution in [0.5, 0.6) is 0 Å². The Kier molecular flexibility index (Phi) is 7.67. The van der Waals surface area contributed by atoms with Gasteiger partial charge in [-0.15, -0.1) is 0 Å². The normalized spacial score (nSPS) is 14.0. The Morgan fingerprint density at radius 2 is 1.61 bits per heavy atom. The Morgan fingerprint density at radius 1 is 1.09 bits per heavy atom. The van der Waals surface area contributed by atoms with E-state index >= 15 is 0 Å². The van der Waals surface area contributed by atoms with Crippen molar-refractivity contribution in [1.29, 1.82) is 0 Å². The van der Waals surface area contributed by atoms with E-state index in [4.69, 9.17) is 5.73 Å². The zero-order valence-corrected chi connectivity index (χ0v) is 15.9. The number of likely N-dealkylation sites (N-methyl/N-ethyl adjacent to an activating group) is 1. The zero-order valence-electron chi connectivity index (χ0n) is 15.9. The minimum absolute atomic E-state index is 0.0122. The summed E-state index contributed by atoms with van der Waals surface area (Å²) in [5.41, 5.74) is 11.2. The highest BCUT2D eigenvalue weighted by Crippen LogP contribution is 2.25. The molecule has 0 aromatic heterocycles. The van der Waals surface area contributed by atoms with Gasteiger partial charge in [-0.3, -0.25) is 0 Å². The van der Waals surface area contributed by atoms with Crippen molar-refractivity contribution in [2.45, 2.75) is 47.1 Å². The van der Waals surface area contributed by atoms with Crippen molar-refractivity contribution in [1.82, 2.24) is 10.2 Å². The molecule has 0 aliphatic rings. The molecular weight excluding hydrogens is 282 g/mol. The third-order valence-corrected chi connectivity index (χ3v) is 3.45. The number of nitrogens with zero attached hydrogens (tertiary/aromatic N) is 1. The molecular formula is C20H33N3. The highest BCUT2D eigenvalue weighted by Gasteiger charge is 2.21. The van der Waals surface area contributed by atoms with Gasteiger partial charge in [-0.2, -0.15) is 0 Å². The van der Waals surface area contributed by atoms with E-state index in [9.17, 15) is 0 Å². The lowest BCUT2D eigenvalue weighted by Gasteiger charge is -2.37. The standard InChI is InChI=1S/C20H33N3/c1-11-18(22-17(6)13-16(5)21)12-15(4)19(14(2)3)23(10)20(7,8)9/h11-13,22H,1-2,5,21H2,3-4,6-10H3/b17-13+,18-12+,19-15-. The van der Waals surface area contributed by atoms with Crippen LogP contribution >= 0.6 is 0 Å². The third kappa shape index (κ3) is 7.09. The zero-order chi connectivity index (χ0) is 18.4. The molecule has 0 unspecified atom stereocenters. The summed E-state index contributed by atoms with van der Waals surface area (Å²) in [6, 6.07) is 0. The van der Waals surface area contributed by atoms with Crippen LogP contribution in [0.3, 0.4) is 0 Å². The molecule has 0 fully saturated rings. The first-order chi connectivity index (χ1) is 10.4. The van der Waals surface area contributed by atoms with E-state index < -0.39 is 0 Å². The molecule has 0 heterocycles. The van der Waals surface area contributed by atoms with Gasteiger partial charge in [0.15, 0.2) is 0 Å². The van der Waals surface area contributed by atoms with Crippen molar-refractivity contribution in [2.75, 3.05) is 7.05 Å². The van der Waals surface area contributed by atoms with E-state index in [0.717, 1.165) is 28.2 Å². The molecule has 3 heteroatoms. The van der Waals surface area contributed by atoms with Crippen LogP contribution in [-0.2, 0) is 0 Å². The SMILES string of the molecule is C=C/C(=C\C(C)=C(\C(=C)C)N(C)C(C)(C)C)N/C(C)=C/C(=C)N. The van der Waals surface area contributed by atoms with E-state index in [-0.39, 0.29) is 5.54 Å². The predicted molar refractivity (Wildman–Crippen MR) is 104 cm³/mol. The summed E-state index contributed by atoms with van der Waals surface area (Å²) in [7, 11) is 2.09. The lowest BCUT2D eigenvalue weighted by Crippen LogP contribution is -2.38. The highest BCUT2D eigenvalue weighted by molar-refractivity contribution is 5.40. The van der Waals surface area contributed by atoms with Gasteiger partial charge >= 0.3 is 0 Å². The summed E-state index contributed by atoms with van der Waals surface area (Å²) in [6.45, 7) is 24.3. The molecule has 0 atom stereocenters. The lowest BCUT2D eigenvalue weighted by atomic mass is 10.0. The van der Waals surface area contributed by atoms with Crippen molar-refractivity contribution in [3.8, 4) is 0 Å². The summed E-state index contributed by atoms with van der Waals surface area (Å²) in [5, 5.41) is 3.28. The first-order valence-corrected chi connectivity index (χ1v) is 7.74. The van der Waals surface area contributed by atoms with E-state index in [1.807, 2.05) is 13.8 Å². The van der Waals surface area contributed by atoms with Gasteiger partial charge in [-0.1, -0.05) is 19.7 Å². The maximum absolute atomic E-state index is 5.60. The molecule has 0 rings (SSSR count). The summed E-state index contributed by atoms with van der Waals surface area (Å²) in [4.78, 5) is 2.24. The Morgan fingerprint density at radius 3 is 1.96 bits per heavy atom. The van der Waals surface area contributed by atoms with Gasteiger partial charge in [0.1, 0.15) is 0 Å². The van der Waals surface area contributed by atoms with Gasteiger partial charge in [0.05, 0.1) is 0 Å². The molecule has 0 aromatic rings. The van der Waals surface area contributed by atoms with Gasteiger partial charge in [0, 0.05) is 35.4 Å². The molecule has 0 aromatic carbocycles. The fraction of sp³-hybridized carbons (Fsp3) is 0.400. The summed E-state index contributed by atoms with van der Waals surface area (Å²) < 4.78 is 0. The Hall–Kier alpha value is -2.16. The van der Waals surface area contributed by atoms with Crippen LogP contribution < -0.4 is 11.1 Å². The van der Waals surface area contributed by atoms with Crippen molar-refractivity contribution < 1.29 is 0 Å². The number of nitrogens with one attached hydrogen (secondary N) is 1. The highest BCUT2D eigenvalue weighted by atomic mass is 15.2. The molecule has 0 spiro atoms. The molecule has 0 aliphatic heterocycles. The second kappa shape index (κ2) is 8.47. The first kappa shape index (κ1) is 20.8. The average Bonchev–Trinajstić information content (AvgIpc) is 2.35. The van der Waals surface area contributed by atoms with Crippen LogP contribution in [0.15, 0.2) is 71.9 Å². The van der Waals surface area contributed by atoms with E-state index in [1.165, 1.54) is 0 Å². The van der Waals surface area contributed by atoms with E-state index in [1.54, 1.807) is 12.2 Å². The van der Waals surface area contributed by atoms with Gasteiger partial charge in [-0.05, 0) is 70.9 Å². The van der Waals surface area contributed by atoms with Crippen LogP contribution in [0.4, 0.5) is 0 Å². The average molecular weight is 316 g/mol. The van der Waals surface area contributed by atoms with Crippen molar-refractivity contribution in [3.05, 3.63) is 71.9 Å². The number of hydrogen-bond acceptors (Lipinski definition) is 3. The first-order valence-electron chi connectivity index (χ1n) is 7.74. The monoisotopic (exact) mass is 315 g/mol. The smallest absolute Gasteiger partial charge is 0.0422 e. The van der Waals surface area contributed by atoms with Gasteiger partial charge in [-0.25, -0.2) is 0 Å². The van der Waals surface area contributed by atoms with E-state index in [0.29, 0.717) is 5.70 Å². The van der Waals surface area contributed by atoms with Gasteiger partial charge in [0.2, 0.25) is 0 Å². The molecule has 128 valence electrons. The summed E-state index contributed by atoms with van der Waals surface area (Å²) >= 11 is 0. The number of rotatable bonds is 7. The number of nitrogens with two attached hydrogens (primary N) is 1. The molecule has 3 N–H and O–H groups in total.